The predicted octanol–water partition coefficient (Wildman–Crippen LogP) is 2.51. The molecule has 2 aromatic rings. The summed E-state index contributed by atoms with van der Waals surface area (Å²) in [6.45, 7) is 2.05. The van der Waals surface area contributed by atoms with Gasteiger partial charge in [0, 0.05) is 36.2 Å². The average molecular weight is 299 g/mol. The van der Waals surface area contributed by atoms with E-state index in [4.69, 9.17) is 0 Å². The minimum absolute atomic E-state index is 0.0626. The van der Waals surface area contributed by atoms with Crippen molar-refractivity contribution in [3.8, 4) is 0 Å². The summed E-state index contributed by atoms with van der Waals surface area (Å²) in [6, 6.07) is 0.429. The first-order valence-corrected chi connectivity index (χ1v) is 8.01. The molecule has 0 bridgehead atoms. The number of aryl methyl sites for hydroxylation is 1. The molecule has 0 aromatic carbocycles. The Kier molecular flexibility index (Phi) is 3.06. The maximum atomic E-state index is 12.2. The molecule has 116 valence electrons. The van der Waals surface area contributed by atoms with E-state index in [9.17, 15) is 4.79 Å². The summed E-state index contributed by atoms with van der Waals surface area (Å²) in [5.74, 6) is 1.03. The highest BCUT2D eigenvalue weighted by Gasteiger charge is 2.33. The lowest BCUT2D eigenvalue weighted by molar-refractivity contribution is -0.116. The SMILES string of the molecule is Cc1c([C@@H]2CC(=O)Nc3c2cnn3C2CCCC2)cnn1C. The zero-order valence-electron chi connectivity index (χ0n) is 13.0. The molecule has 6 nitrogen and oxygen atoms in total. The van der Waals surface area contributed by atoms with Gasteiger partial charge in [-0.15, -0.1) is 0 Å². The zero-order chi connectivity index (χ0) is 15.3. The summed E-state index contributed by atoms with van der Waals surface area (Å²) in [7, 11) is 1.94. The van der Waals surface area contributed by atoms with E-state index in [2.05, 4.69) is 22.4 Å². The highest BCUT2D eigenvalue weighted by Crippen LogP contribution is 2.41. The molecule has 22 heavy (non-hydrogen) atoms. The van der Waals surface area contributed by atoms with Crippen LogP contribution in [0.4, 0.5) is 5.82 Å². The van der Waals surface area contributed by atoms with Crippen molar-refractivity contribution >= 4 is 11.7 Å². The Bertz CT molecular complexity index is 723. The fourth-order valence-corrected chi connectivity index (χ4v) is 3.80. The predicted molar refractivity (Wildman–Crippen MR) is 82.8 cm³/mol. The van der Waals surface area contributed by atoms with Gasteiger partial charge >= 0.3 is 0 Å². The number of carbonyl (C=O) groups excluding carboxylic acids is 1. The van der Waals surface area contributed by atoms with Gasteiger partial charge in [0.05, 0.1) is 18.4 Å². The molecule has 2 aliphatic rings. The number of nitrogens with one attached hydrogen (secondary N) is 1. The molecule has 1 atom stereocenters. The molecule has 1 fully saturated rings. The Morgan fingerprint density at radius 1 is 1.18 bits per heavy atom. The molecule has 0 spiro atoms. The van der Waals surface area contributed by atoms with Crippen LogP contribution in [0.15, 0.2) is 12.4 Å². The highest BCUT2D eigenvalue weighted by atomic mass is 16.1. The van der Waals surface area contributed by atoms with Crippen molar-refractivity contribution in [3.63, 3.8) is 0 Å². The average Bonchev–Trinajstić information content (AvgIpc) is 3.20. The number of nitrogens with zero attached hydrogens (tertiary/aromatic N) is 4. The maximum absolute atomic E-state index is 12.2. The Balaban J connectivity index is 1.78. The summed E-state index contributed by atoms with van der Waals surface area (Å²) < 4.78 is 3.90. The standard InChI is InChI=1S/C16H21N5O/c1-10-13(8-17-20(10)2)12-7-15(22)19-16-14(12)9-18-21(16)11-5-3-4-6-11/h8-9,11-12H,3-7H2,1-2H3,(H,19,22)/t12-/m0/s1. The van der Waals surface area contributed by atoms with Crippen LogP contribution in [0, 0.1) is 6.92 Å². The van der Waals surface area contributed by atoms with Crippen LogP contribution in [0.5, 0.6) is 0 Å². The van der Waals surface area contributed by atoms with Gasteiger partial charge in [-0.2, -0.15) is 10.2 Å². The minimum atomic E-state index is 0.0626. The smallest absolute Gasteiger partial charge is 0.226 e. The van der Waals surface area contributed by atoms with Gasteiger partial charge in [0.15, 0.2) is 0 Å². The number of carbonyl (C=O) groups is 1. The highest BCUT2D eigenvalue weighted by molar-refractivity contribution is 5.94. The molecular formula is C16H21N5O. The first-order chi connectivity index (χ1) is 10.6. The molecule has 1 saturated carbocycles. The van der Waals surface area contributed by atoms with Gasteiger partial charge in [-0.1, -0.05) is 12.8 Å². The molecule has 6 heteroatoms. The number of amides is 1. The first kappa shape index (κ1) is 13.5. The van der Waals surface area contributed by atoms with Crippen LogP contribution < -0.4 is 5.32 Å². The quantitative estimate of drug-likeness (QED) is 0.926. The Morgan fingerprint density at radius 3 is 2.59 bits per heavy atom. The van der Waals surface area contributed by atoms with Crippen LogP contribution in [0.25, 0.3) is 0 Å². The Labute approximate surface area is 129 Å². The van der Waals surface area contributed by atoms with Crippen molar-refractivity contribution in [1.82, 2.24) is 19.6 Å². The van der Waals surface area contributed by atoms with Crippen molar-refractivity contribution in [3.05, 3.63) is 29.2 Å². The number of anilines is 1. The van der Waals surface area contributed by atoms with Gasteiger partial charge < -0.3 is 5.32 Å². The normalized spacial score (nSPS) is 21.9. The third kappa shape index (κ3) is 1.97. The molecule has 4 rings (SSSR count). The van der Waals surface area contributed by atoms with Crippen LogP contribution in [0.1, 0.15) is 60.9 Å². The molecule has 2 aromatic heterocycles. The van der Waals surface area contributed by atoms with Gasteiger partial charge in [-0.05, 0) is 19.8 Å². The van der Waals surface area contributed by atoms with E-state index in [0.29, 0.717) is 12.5 Å². The third-order valence-corrected chi connectivity index (χ3v) is 5.17. The molecule has 3 heterocycles. The van der Waals surface area contributed by atoms with Crippen LogP contribution in [0.3, 0.4) is 0 Å². The van der Waals surface area contributed by atoms with Crippen molar-refractivity contribution < 1.29 is 4.79 Å². The Hall–Kier alpha value is -2.11. The van der Waals surface area contributed by atoms with Crippen LogP contribution in [0.2, 0.25) is 0 Å². The van der Waals surface area contributed by atoms with Crippen molar-refractivity contribution in [2.75, 3.05) is 5.32 Å². The molecule has 0 saturated heterocycles. The van der Waals surface area contributed by atoms with Crippen molar-refractivity contribution in [2.45, 2.75) is 51.0 Å². The summed E-state index contributed by atoms with van der Waals surface area (Å²) in [4.78, 5) is 12.2. The number of hydrogen-bond acceptors (Lipinski definition) is 3. The number of rotatable bonds is 2. The number of hydrogen-bond donors (Lipinski definition) is 1. The van der Waals surface area contributed by atoms with E-state index >= 15 is 0 Å². The van der Waals surface area contributed by atoms with Crippen molar-refractivity contribution in [2.24, 2.45) is 7.05 Å². The van der Waals surface area contributed by atoms with Crippen LogP contribution >= 0.6 is 0 Å². The van der Waals surface area contributed by atoms with Gasteiger partial charge in [-0.3, -0.25) is 9.48 Å². The molecule has 0 unspecified atom stereocenters. The number of aromatic nitrogens is 4. The minimum Gasteiger partial charge on any atom is -0.311 e. The zero-order valence-corrected chi connectivity index (χ0v) is 13.0. The molecular weight excluding hydrogens is 278 g/mol. The molecule has 1 N–H and O–H groups in total. The van der Waals surface area contributed by atoms with Gasteiger partial charge in [0.1, 0.15) is 5.82 Å². The monoisotopic (exact) mass is 299 g/mol. The first-order valence-electron chi connectivity index (χ1n) is 8.01. The summed E-state index contributed by atoms with van der Waals surface area (Å²) in [6.07, 6.45) is 9.09. The topological polar surface area (TPSA) is 64.7 Å². The lowest BCUT2D eigenvalue weighted by Gasteiger charge is -2.24. The van der Waals surface area contributed by atoms with Gasteiger partial charge in [-0.25, -0.2) is 4.68 Å². The lowest BCUT2D eigenvalue weighted by Crippen LogP contribution is -2.25. The second-order valence-corrected chi connectivity index (χ2v) is 6.45. The van der Waals surface area contributed by atoms with Gasteiger partial charge in [0.2, 0.25) is 5.91 Å². The molecule has 1 aliphatic carbocycles. The molecule has 1 amide bonds. The summed E-state index contributed by atoms with van der Waals surface area (Å²) >= 11 is 0. The van der Waals surface area contributed by atoms with Crippen LogP contribution in [-0.4, -0.2) is 25.5 Å². The summed E-state index contributed by atoms with van der Waals surface area (Å²) in [5, 5.41) is 12.0. The van der Waals surface area contributed by atoms with E-state index in [0.717, 1.165) is 35.5 Å². The Morgan fingerprint density at radius 2 is 1.91 bits per heavy atom. The van der Waals surface area contributed by atoms with E-state index in [1.54, 1.807) is 0 Å². The fourth-order valence-electron chi connectivity index (χ4n) is 3.80. The van der Waals surface area contributed by atoms with Gasteiger partial charge in [0.25, 0.3) is 0 Å². The maximum Gasteiger partial charge on any atom is 0.226 e. The molecule has 0 radical (unpaired) electrons. The lowest BCUT2D eigenvalue weighted by atomic mass is 9.87. The molecule has 1 aliphatic heterocycles. The van der Waals surface area contributed by atoms with E-state index in [1.165, 1.54) is 12.8 Å². The van der Waals surface area contributed by atoms with Crippen molar-refractivity contribution in [1.29, 1.82) is 0 Å². The largest absolute Gasteiger partial charge is 0.311 e. The second kappa shape index (κ2) is 4.97. The second-order valence-electron chi connectivity index (χ2n) is 6.45. The van der Waals surface area contributed by atoms with E-state index in [-0.39, 0.29) is 11.8 Å². The van der Waals surface area contributed by atoms with Crippen LogP contribution in [-0.2, 0) is 11.8 Å². The van der Waals surface area contributed by atoms with E-state index in [1.807, 2.05) is 28.8 Å². The third-order valence-electron chi connectivity index (χ3n) is 5.17. The number of fused-ring (bicyclic) bond motifs is 1. The fraction of sp³-hybridized carbons (Fsp3) is 0.562. The van der Waals surface area contributed by atoms with E-state index < -0.39 is 0 Å². The summed E-state index contributed by atoms with van der Waals surface area (Å²) in [5.41, 5.74) is 3.37.